The third-order valence-electron chi connectivity index (χ3n) is 2.75. The van der Waals surface area contributed by atoms with Gasteiger partial charge in [0, 0.05) is 19.0 Å². The first-order chi connectivity index (χ1) is 7.63. The minimum Gasteiger partial charge on any atom is -0.315 e. The van der Waals surface area contributed by atoms with E-state index in [9.17, 15) is 8.42 Å². The summed E-state index contributed by atoms with van der Waals surface area (Å²) in [5, 5.41) is 11.6. The molecule has 1 aromatic carbocycles. The number of rotatable bonds is 3. The molecule has 1 N–H and O–H groups in total. The van der Waals surface area contributed by atoms with Gasteiger partial charge in [-0.3, -0.25) is 0 Å². The van der Waals surface area contributed by atoms with Crippen molar-refractivity contribution >= 4 is 9.84 Å². The molecule has 16 heavy (non-hydrogen) atoms. The first-order valence-corrected chi connectivity index (χ1v) is 6.69. The third-order valence-corrected chi connectivity index (χ3v) is 4.25. The van der Waals surface area contributed by atoms with Gasteiger partial charge in [0.25, 0.3) is 0 Å². The maximum atomic E-state index is 11.6. The Balaban J connectivity index is 2.22. The Morgan fingerprint density at radius 3 is 2.38 bits per heavy atom. The molecule has 1 saturated heterocycles. The first-order valence-electron chi connectivity index (χ1n) is 5.04. The van der Waals surface area contributed by atoms with E-state index in [1.54, 1.807) is 18.2 Å². The van der Waals surface area contributed by atoms with E-state index in [0.717, 1.165) is 18.7 Å². The second-order valence-corrected chi connectivity index (χ2v) is 5.83. The van der Waals surface area contributed by atoms with Crippen molar-refractivity contribution < 1.29 is 8.42 Å². The predicted octanol–water partition coefficient (Wildman–Crippen LogP) is 0.671. The minimum atomic E-state index is -3.42. The zero-order chi connectivity index (χ0) is 11.6. The average molecular weight is 236 g/mol. The van der Waals surface area contributed by atoms with Crippen LogP contribution in [0.1, 0.15) is 11.5 Å². The fourth-order valence-corrected chi connectivity index (χ4v) is 2.53. The van der Waals surface area contributed by atoms with Crippen LogP contribution in [-0.2, 0) is 9.84 Å². The molecule has 0 spiro atoms. The lowest BCUT2D eigenvalue weighted by Gasteiger charge is -2.27. The van der Waals surface area contributed by atoms with Gasteiger partial charge < -0.3 is 5.32 Å². The molecule has 0 saturated carbocycles. The average Bonchev–Trinajstić information content (AvgIpc) is 2.16. The molecular formula is C11H12N2O2S. The Bertz CT molecular complexity index is 510. The van der Waals surface area contributed by atoms with Crippen molar-refractivity contribution in [1.29, 1.82) is 5.26 Å². The van der Waals surface area contributed by atoms with E-state index >= 15 is 0 Å². The molecule has 1 aliphatic heterocycles. The van der Waals surface area contributed by atoms with Crippen molar-refractivity contribution in [3.63, 3.8) is 0 Å². The second kappa shape index (κ2) is 4.24. The van der Waals surface area contributed by atoms with E-state index in [1.807, 2.05) is 12.1 Å². The Kier molecular flexibility index (Phi) is 2.95. The minimum absolute atomic E-state index is 0.227. The Morgan fingerprint density at radius 2 is 1.94 bits per heavy atom. The number of nitriles is 1. The van der Waals surface area contributed by atoms with Crippen LogP contribution in [0.15, 0.2) is 29.2 Å². The highest BCUT2D eigenvalue weighted by Gasteiger charge is 2.20. The third kappa shape index (κ3) is 2.08. The van der Waals surface area contributed by atoms with Gasteiger partial charge in [0.15, 0.2) is 9.84 Å². The van der Waals surface area contributed by atoms with Crippen LogP contribution in [0.5, 0.6) is 0 Å². The van der Waals surface area contributed by atoms with Crippen LogP contribution in [0.25, 0.3) is 0 Å². The zero-order valence-electron chi connectivity index (χ0n) is 8.68. The number of hydrogen-bond donors (Lipinski definition) is 1. The summed E-state index contributed by atoms with van der Waals surface area (Å²) in [5.41, 5.74) is 1.15. The van der Waals surface area contributed by atoms with Crippen LogP contribution >= 0.6 is 0 Å². The molecule has 1 aliphatic rings. The lowest BCUT2D eigenvalue weighted by atomic mass is 9.94. The van der Waals surface area contributed by atoms with Gasteiger partial charge in [-0.25, -0.2) is 8.42 Å². The number of hydrogen-bond acceptors (Lipinski definition) is 4. The molecule has 0 radical (unpaired) electrons. The van der Waals surface area contributed by atoms with Crippen LogP contribution in [0.2, 0.25) is 0 Å². The van der Waals surface area contributed by atoms with Crippen molar-refractivity contribution in [3.8, 4) is 6.07 Å². The van der Waals surface area contributed by atoms with Crippen LogP contribution < -0.4 is 5.32 Å². The molecule has 0 amide bonds. The molecule has 0 aromatic heterocycles. The zero-order valence-corrected chi connectivity index (χ0v) is 9.50. The van der Waals surface area contributed by atoms with E-state index in [2.05, 4.69) is 5.32 Å². The van der Waals surface area contributed by atoms with Gasteiger partial charge in [0.2, 0.25) is 0 Å². The summed E-state index contributed by atoms with van der Waals surface area (Å²) in [6.45, 7) is 1.90. The summed E-state index contributed by atoms with van der Waals surface area (Å²) in [5.74, 6) is 0.0323. The standard InChI is InChI=1S/C11H12N2O2S/c12-5-6-16(14,15)11-3-1-9(2-4-11)10-7-13-8-10/h1-4,10,13H,6-8H2. The lowest BCUT2D eigenvalue weighted by molar-refractivity contribution is 0.448. The Morgan fingerprint density at radius 1 is 1.31 bits per heavy atom. The Labute approximate surface area is 94.8 Å². The summed E-state index contributed by atoms with van der Waals surface area (Å²) in [6.07, 6.45) is 0. The summed E-state index contributed by atoms with van der Waals surface area (Å²) in [4.78, 5) is 0.227. The molecule has 0 unspecified atom stereocenters. The van der Waals surface area contributed by atoms with E-state index in [1.165, 1.54) is 0 Å². The molecule has 2 rings (SSSR count). The summed E-state index contributed by atoms with van der Waals surface area (Å²) >= 11 is 0. The second-order valence-electron chi connectivity index (χ2n) is 3.84. The van der Waals surface area contributed by atoms with E-state index in [-0.39, 0.29) is 4.90 Å². The van der Waals surface area contributed by atoms with Gasteiger partial charge in [-0.1, -0.05) is 12.1 Å². The monoisotopic (exact) mass is 236 g/mol. The SMILES string of the molecule is N#CCS(=O)(=O)c1ccc(C2CNC2)cc1. The predicted molar refractivity (Wildman–Crippen MR) is 59.7 cm³/mol. The van der Waals surface area contributed by atoms with E-state index in [0.29, 0.717) is 5.92 Å². The first kappa shape index (κ1) is 11.1. The van der Waals surface area contributed by atoms with E-state index < -0.39 is 15.6 Å². The molecule has 0 bridgehead atoms. The molecular weight excluding hydrogens is 224 g/mol. The molecule has 84 valence electrons. The maximum absolute atomic E-state index is 11.6. The topological polar surface area (TPSA) is 70.0 Å². The molecule has 5 heteroatoms. The van der Waals surface area contributed by atoms with Crippen LogP contribution in [0, 0.1) is 11.3 Å². The molecule has 1 heterocycles. The van der Waals surface area contributed by atoms with Crippen molar-refractivity contribution in [2.24, 2.45) is 0 Å². The van der Waals surface area contributed by atoms with Gasteiger partial charge >= 0.3 is 0 Å². The lowest BCUT2D eigenvalue weighted by Crippen LogP contribution is -2.39. The highest BCUT2D eigenvalue weighted by atomic mass is 32.2. The molecule has 0 atom stereocenters. The van der Waals surface area contributed by atoms with Crippen molar-refractivity contribution in [2.75, 3.05) is 18.8 Å². The molecule has 4 nitrogen and oxygen atoms in total. The maximum Gasteiger partial charge on any atom is 0.191 e. The number of sulfone groups is 1. The van der Waals surface area contributed by atoms with E-state index in [4.69, 9.17) is 5.26 Å². The Hall–Kier alpha value is -1.38. The van der Waals surface area contributed by atoms with Gasteiger partial charge in [-0.2, -0.15) is 5.26 Å². The quantitative estimate of drug-likeness (QED) is 0.837. The summed E-state index contributed by atoms with van der Waals surface area (Å²) in [6, 6.07) is 8.49. The van der Waals surface area contributed by atoms with Gasteiger partial charge in [-0.15, -0.1) is 0 Å². The largest absolute Gasteiger partial charge is 0.315 e. The van der Waals surface area contributed by atoms with Gasteiger partial charge in [0.1, 0.15) is 5.75 Å². The van der Waals surface area contributed by atoms with Crippen molar-refractivity contribution in [1.82, 2.24) is 5.32 Å². The molecule has 1 aromatic rings. The van der Waals surface area contributed by atoms with Gasteiger partial charge in [-0.05, 0) is 17.7 Å². The molecule has 0 aliphatic carbocycles. The number of nitrogens with zero attached hydrogens (tertiary/aromatic N) is 1. The summed E-state index contributed by atoms with van der Waals surface area (Å²) in [7, 11) is -3.42. The van der Waals surface area contributed by atoms with Crippen LogP contribution in [-0.4, -0.2) is 27.3 Å². The van der Waals surface area contributed by atoms with Crippen LogP contribution in [0.4, 0.5) is 0 Å². The molecule has 1 fully saturated rings. The highest BCUT2D eigenvalue weighted by molar-refractivity contribution is 7.91. The normalized spacial score (nSPS) is 16.4. The smallest absolute Gasteiger partial charge is 0.191 e. The van der Waals surface area contributed by atoms with Crippen molar-refractivity contribution in [3.05, 3.63) is 29.8 Å². The van der Waals surface area contributed by atoms with Gasteiger partial charge in [0.05, 0.1) is 11.0 Å². The van der Waals surface area contributed by atoms with Crippen LogP contribution in [0.3, 0.4) is 0 Å². The van der Waals surface area contributed by atoms with Crippen molar-refractivity contribution in [2.45, 2.75) is 10.8 Å². The number of nitrogens with one attached hydrogen (secondary N) is 1. The fourth-order valence-electron chi connectivity index (χ4n) is 1.64. The highest BCUT2D eigenvalue weighted by Crippen LogP contribution is 2.21. The summed E-state index contributed by atoms with van der Waals surface area (Å²) < 4.78 is 23.1. The fraction of sp³-hybridized carbons (Fsp3) is 0.364. The number of benzene rings is 1.